The lowest BCUT2D eigenvalue weighted by atomic mass is 9.87. The van der Waals surface area contributed by atoms with Crippen molar-refractivity contribution in [3.8, 4) is 0 Å². The Kier molecular flexibility index (Phi) is 3.93. The third-order valence-electron chi connectivity index (χ3n) is 2.53. The third-order valence-corrected chi connectivity index (χ3v) is 3.62. The summed E-state index contributed by atoms with van der Waals surface area (Å²) >= 11 is 7.37. The van der Waals surface area contributed by atoms with E-state index in [0.717, 1.165) is 9.92 Å². The van der Waals surface area contributed by atoms with Gasteiger partial charge in [0.05, 0.1) is 12.4 Å². The summed E-state index contributed by atoms with van der Waals surface area (Å²) in [5.41, 5.74) is 1.50. The first-order chi connectivity index (χ1) is 8.45. The van der Waals surface area contributed by atoms with Crippen molar-refractivity contribution < 1.29 is 0 Å². The van der Waals surface area contributed by atoms with Crippen molar-refractivity contribution in [3.05, 3.63) is 47.4 Å². The topological polar surface area (TPSA) is 25.8 Å². The first-order valence-electron chi connectivity index (χ1n) is 5.71. The maximum Gasteiger partial charge on any atom is 0.148 e. The monoisotopic (exact) mass is 278 g/mol. The lowest BCUT2D eigenvalue weighted by Gasteiger charge is -2.18. The van der Waals surface area contributed by atoms with Crippen LogP contribution in [-0.4, -0.2) is 9.97 Å². The molecule has 0 saturated heterocycles. The van der Waals surface area contributed by atoms with Crippen LogP contribution < -0.4 is 0 Å². The molecule has 2 nitrogen and oxygen atoms in total. The highest BCUT2D eigenvalue weighted by Gasteiger charge is 2.13. The van der Waals surface area contributed by atoms with Crippen LogP contribution in [0.2, 0.25) is 5.15 Å². The van der Waals surface area contributed by atoms with Crippen molar-refractivity contribution in [3.63, 3.8) is 0 Å². The van der Waals surface area contributed by atoms with Gasteiger partial charge in [-0.15, -0.1) is 0 Å². The van der Waals surface area contributed by atoms with E-state index >= 15 is 0 Å². The van der Waals surface area contributed by atoms with Crippen LogP contribution in [0, 0.1) is 0 Å². The highest BCUT2D eigenvalue weighted by Crippen LogP contribution is 2.29. The van der Waals surface area contributed by atoms with E-state index in [1.807, 2.05) is 0 Å². The summed E-state index contributed by atoms with van der Waals surface area (Å²) in [6.07, 6.45) is 3.25. The van der Waals surface area contributed by atoms with E-state index in [-0.39, 0.29) is 5.41 Å². The third kappa shape index (κ3) is 3.47. The molecule has 0 atom stereocenters. The Morgan fingerprint density at radius 3 is 2.28 bits per heavy atom. The fraction of sp³-hybridized carbons (Fsp3) is 0.286. The van der Waals surface area contributed by atoms with Gasteiger partial charge in [0.25, 0.3) is 0 Å². The van der Waals surface area contributed by atoms with Gasteiger partial charge in [-0.25, -0.2) is 4.98 Å². The molecule has 18 heavy (non-hydrogen) atoms. The lowest BCUT2D eigenvalue weighted by Crippen LogP contribution is -2.10. The molecule has 1 aromatic carbocycles. The molecule has 1 heterocycles. The van der Waals surface area contributed by atoms with Crippen LogP contribution in [0.5, 0.6) is 0 Å². The number of rotatable bonds is 2. The molecule has 0 aliphatic heterocycles. The van der Waals surface area contributed by atoms with E-state index in [4.69, 9.17) is 11.6 Å². The zero-order valence-electron chi connectivity index (χ0n) is 10.6. The first-order valence-corrected chi connectivity index (χ1v) is 6.90. The van der Waals surface area contributed by atoms with Crippen molar-refractivity contribution in [1.82, 2.24) is 9.97 Å². The Morgan fingerprint density at radius 2 is 1.72 bits per heavy atom. The minimum atomic E-state index is 0.180. The maximum absolute atomic E-state index is 5.81. The molecule has 0 radical (unpaired) electrons. The Morgan fingerprint density at radius 1 is 1.06 bits per heavy atom. The molecule has 4 heteroatoms. The quantitative estimate of drug-likeness (QED) is 0.804. The fourth-order valence-corrected chi connectivity index (χ4v) is 2.49. The SMILES string of the molecule is CC(C)(C)c1ccc(Sc2cncc(Cl)n2)cc1. The molecular formula is C14H15ClN2S. The molecule has 94 valence electrons. The molecule has 0 fully saturated rings. The van der Waals surface area contributed by atoms with Gasteiger partial charge >= 0.3 is 0 Å². The molecule has 0 spiro atoms. The van der Waals surface area contributed by atoms with Crippen LogP contribution in [0.1, 0.15) is 26.3 Å². The number of benzene rings is 1. The number of hydrogen-bond acceptors (Lipinski definition) is 3. The van der Waals surface area contributed by atoms with Crippen molar-refractivity contribution >= 4 is 23.4 Å². The highest BCUT2D eigenvalue weighted by molar-refractivity contribution is 7.99. The molecule has 0 bridgehead atoms. The van der Waals surface area contributed by atoms with Crippen LogP contribution in [0.15, 0.2) is 46.6 Å². The van der Waals surface area contributed by atoms with Gasteiger partial charge in [-0.3, -0.25) is 4.98 Å². The van der Waals surface area contributed by atoms with Crippen LogP contribution >= 0.6 is 23.4 Å². The highest BCUT2D eigenvalue weighted by atomic mass is 35.5. The second-order valence-corrected chi connectivity index (χ2v) is 6.54. The smallest absolute Gasteiger partial charge is 0.148 e. The summed E-state index contributed by atoms with van der Waals surface area (Å²) in [4.78, 5) is 9.37. The van der Waals surface area contributed by atoms with E-state index < -0.39 is 0 Å². The zero-order valence-corrected chi connectivity index (χ0v) is 12.2. The second kappa shape index (κ2) is 5.29. The van der Waals surface area contributed by atoms with Crippen molar-refractivity contribution in [2.45, 2.75) is 36.1 Å². The number of aromatic nitrogens is 2. The molecule has 1 aromatic heterocycles. The average Bonchev–Trinajstić information content (AvgIpc) is 2.28. The van der Waals surface area contributed by atoms with Gasteiger partial charge in [-0.05, 0) is 23.1 Å². The number of nitrogens with zero attached hydrogens (tertiary/aromatic N) is 2. The standard InChI is InChI=1S/C14H15ClN2S/c1-14(2,3)10-4-6-11(7-5-10)18-13-9-16-8-12(15)17-13/h4-9H,1-3H3. The molecule has 2 rings (SSSR count). The number of hydrogen-bond donors (Lipinski definition) is 0. The molecule has 0 aliphatic carbocycles. The van der Waals surface area contributed by atoms with Crippen molar-refractivity contribution in [2.24, 2.45) is 0 Å². The van der Waals surface area contributed by atoms with E-state index in [2.05, 4.69) is 55.0 Å². The summed E-state index contributed by atoms with van der Waals surface area (Å²) in [7, 11) is 0. The van der Waals surface area contributed by atoms with Gasteiger partial charge in [-0.1, -0.05) is 56.3 Å². The minimum absolute atomic E-state index is 0.180. The lowest BCUT2D eigenvalue weighted by molar-refractivity contribution is 0.590. The molecule has 0 unspecified atom stereocenters. The summed E-state index contributed by atoms with van der Waals surface area (Å²) in [6.45, 7) is 6.62. The summed E-state index contributed by atoms with van der Waals surface area (Å²) in [5, 5.41) is 1.23. The van der Waals surface area contributed by atoms with E-state index in [1.54, 1.807) is 18.0 Å². The Balaban J connectivity index is 2.16. The summed E-state index contributed by atoms with van der Waals surface area (Å²) in [5.74, 6) is 0. The van der Waals surface area contributed by atoms with Crippen molar-refractivity contribution in [2.75, 3.05) is 0 Å². The largest absolute Gasteiger partial charge is 0.259 e. The molecule has 0 saturated carbocycles. The normalized spacial score (nSPS) is 11.6. The number of halogens is 1. The Labute approximate surface area is 117 Å². The van der Waals surface area contributed by atoms with Crippen LogP contribution in [0.3, 0.4) is 0 Å². The molecular weight excluding hydrogens is 264 g/mol. The minimum Gasteiger partial charge on any atom is -0.259 e. The Hall–Kier alpha value is -1.06. The van der Waals surface area contributed by atoms with Crippen LogP contribution in [-0.2, 0) is 5.41 Å². The van der Waals surface area contributed by atoms with Crippen molar-refractivity contribution in [1.29, 1.82) is 0 Å². The van der Waals surface area contributed by atoms with Gasteiger partial charge < -0.3 is 0 Å². The molecule has 0 N–H and O–H groups in total. The van der Waals surface area contributed by atoms with Gasteiger partial charge in [0.2, 0.25) is 0 Å². The molecule has 0 aliphatic rings. The zero-order chi connectivity index (χ0) is 13.2. The molecule has 0 amide bonds. The summed E-state index contributed by atoms with van der Waals surface area (Å²) in [6, 6.07) is 8.52. The van der Waals surface area contributed by atoms with Crippen LogP contribution in [0.25, 0.3) is 0 Å². The average molecular weight is 279 g/mol. The van der Waals surface area contributed by atoms with Gasteiger partial charge in [-0.2, -0.15) is 0 Å². The van der Waals surface area contributed by atoms with Gasteiger partial charge in [0.1, 0.15) is 10.2 Å². The second-order valence-electron chi connectivity index (χ2n) is 5.06. The van der Waals surface area contributed by atoms with Gasteiger partial charge in [0, 0.05) is 4.90 Å². The van der Waals surface area contributed by atoms with E-state index in [0.29, 0.717) is 5.15 Å². The van der Waals surface area contributed by atoms with E-state index in [9.17, 15) is 0 Å². The van der Waals surface area contributed by atoms with Crippen LogP contribution in [0.4, 0.5) is 0 Å². The van der Waals surface area contributed by atoms with E-state index in [1.165, 1.54) is 11.8 Å². The molecule has 2 aromatic rings. The first kappa shape index (κ1) is 13.4. The predicted octanol–water partition coefficient (Wildman–Crippen LogP) is 4.58. The maximum atomic E-state index is 5.81. The summed E-state index contributed by atoms with van der Waals surface area (Å²) < 4.78 is 0. The predicted molar refractivity (Wildman–Crippen MR) is 76.3 cm³/mol. The Bertz CT molecular complexity index is 532. The van der Waals surface area contributed by atoms with Gasteiger partial charge in [0.15, 0.2) is 0 Å². The fourth-order valence-electron chi connectivity index (χ4n) is 1.52.